The molecule has 1 N–H and O–H groups in total. The zero-order chi connectivity index (χ0) is 14.3. The van der Waals surface area contributed by atoms with Gasteiger partial charge in [-0.05, 0) is 0 Å². The van der Waals surface area contributed by atoms with Crippen LogP contribution in [-0.2, 0) is 16.6 Å². The van der Waals surface area contributed by atoms with Crippen LogP contribution in [0.2, 0.25) is 5.15 Å². The summed E-state index contributed by atoms with van der Waals surface area (Å²) in [5, 5.41) is 8.16. The van der Waals surface area contributed by atoms with Crippen molar-refractivity contribution < 1.29 is 8.42 Å². The minimum atomic E-state index is -3.73. The molecule has 0 amide bonds. The van der Waals surface area contributed by atoms with Crippen LogP contribution in [0.25, 0.3) is 4.96 Å². The number of aromatic amines is 1. The Balaban J connectivity index is 2.02. The molecule has 0 bridgehead atoms. The Hall–Kier alpha value is -1.42. The van der Waals surface area contributed by atoms with Gasteiger partial charge in [0.2, 0.25) is 0 Å². The van der Waals surface area contributed by atoms with E-state index >= 15 is 0 Å². The summed E-state index contributed by atoms with van der Waals surface area (Å²) >= 11 is 7.29. The van der Waals surface area contributed by atoms with Crippen LogP contribution in [0, 0.1) is 0 Å². The number of hydrogen-bond donors (Lipinski definition) is 1. The van der Waals surface area contributed by atoms with Gasteiger partial charge in [-0.25, -0.2) is 13.4 Å². The molecule has 0 saturated heterocycles. The lowest BCUT2D eigenvalue weighted by molar-refractivity contribution is 0.463. The van der Waals surface area contributed by atoms with Crippen LogP contribution >= 0.6 is 22.9 Å². The Morgan fingerprint density at radius 3 is 3.05 bits per heavy atom. The Morgan fingerprint density at radius 1 is 1.55 bits per heavy atom. The Morgan fingerprint density at radius 2 is 2.35 bits per heavy atom. The molecule has 0 spiro atoms. The molecule has 0 fully saturated rings. The van der Waals surface area contributed by atoms with Crippen molar-refractivity contribution in [1.82, 2.24) is 23.9 Å². The van der Waals surface area contributed by atoms with Crippen molar-refractivity contribution in [3.05, 3.63) is 34.7 Å². The summed E-state index contributed by atoms with van der Waals surface area (Å²) < 4.78 is 27.9. The number of nitrogens with zero attached hydrogens (tertiary/aromatic N) is 4. The van der Waals surface area contributed by atoms with E-state index in [0.717, 1.165) is 5.56 Å². The maximum absolute atomic E-state index is 12.6. The molecule has 20 heavy (non-hydrogen) atoms. The number of thiazole rings is 1. The Labute approximate surface area is 123 Å². The molecule has 3 aromatic rings. The highest BCUT2D eigenvalue weighted by Crippen LogP contribution is 2.27. The number of hydrogen-bond acceptors (Lipinski definition) is 5. The molecule has 0 aliphatic rings. The first-order valence-electron chi connectivity index (χ1n) is 5.55. The molecule has 7 nitrogen and oxygen atoms in total. The summed E-state index contributed by atoms with van der Waals surface area (Å²) in [6.07, 6.45) is 4.85. The number of fused-ring (bicyclic) bond motifs is 1. The summed E-state index contributed by atoms with van der Waals surface area (Å²) in [5.41, 5.74) is 0.762. The largest absolute Gasteiger partial charge is 0.285 e. The van der Waals surface area contributed by atoms with Gasteiger partial charge < -0.3 is 0 Å². The minimum absolute atomic E-state index is 0.0126. The lowest BCUT2D eigenvalue weighted by Crippen LogP contribution is -2.27. The third-order valence-electron chi connectivity index (χ3n) is 2.79. The molecule has 3 heterocycles. The summed E-state index contributed by atoms with van der Waals surface area (Å²) in [7, 11) is -2.24. The predicted molar refractivity (Wildman–Crippen MR) is 75.3 cm³/mol. The minimum Gasteiger partial charge on any atom is -0.285 e. The van der Waals surface area contributed by atoms with E-state index in [1.165, 1.54) is 27.1 Å². The number of nitrogens with one attached hydrogen (secondary N) is 1. The van der Waals surface area contributed by atoms with Gasteiger partial charge in [-0.15, -0.1) is 11.3 Å². The first kappa shape index (κ1) is 13.6. The van der Waals surface area contributed by atoms with Gasteiger partial charge in [0.05, 0.1) is 6.20 Å². The van der Waals surface area contributed by atoms with Crippen LogP contribution in [0.4, 0.5) is 0 Å². The van der Waals surface area contributed by atoms with Crippen molar-refractivity contribution in [2.24, 2.45) is 0 Å². The molecule has 0 saturated carbocycles. The molecular formula is C10H10ClN5O2S2. The molecule has 106 valence electrons. The van der Waals surface area contributed by atoms with Crippen LogP contribution in [0.15, 0.2) is 29.0 Å². The second kappa shape index (κ2) is 4.85. The van der Waals surface area contributed by atoms with E-state index in [2.05, 4.69) is 15.2 Å². The van der Waals surface area contributed by atoms with Gasteiger partial charge in [0, 0.05) is 36.9 Å². The van der Waals surface area contributed by atoms with E-state index in [1.54, 1.807) is 24.0 Å². The monoisotopic (exact) mass is 331 g/mol. The number of aromatic nitrogens is 4. The smallest absolute Gasteiger partial charge is 0.262 e. The number of sulfonamides is 1. The highest BCUT2D eigenvalue weighted by atomic mass is 35.5. The highest BCUT2D eigenvalue weighted by molar-refractivity contribution is 7.89. The SMILES string of the molecule is CN(Cc1cn[nH]c1)S(=O)(=O)c1c(Cl)nc2sccn12. The van der Waals surface area contributed by atoms with Crippen LogP contribution in [0.5, 0.6) is 0 Å². The Bertz CT molecular complexity index is 836. The van der Waals surface area contributed by atoms with Crippen LogP contribution in [0.3, 0.4) is 0 Å². The van der Waals surface area contributed by atoms with E-state index in [4.69, 9.17) is 11.6 Å². The van der Waals surface area contributed by atoms with Crippen molar-refractivity contribution in [3.8, 4) is 0 Å². The lowest BCUT2D eigenvalue weighted by atomic mass is 10.4. The maximum Gasteiger partial charge on any atom is 0.262 e. The third-order valence-corrected chi connectivity index (χ3v) is 5.75. The number of rotatable bonds is 4. The third kappa shape index (κ3) is 2.12. The van der Waals surface area contributed by atoms with Gasteiger partial charge in [-0.1, -0.05) is 11.6 Å². The van der Waals surface area contributed by atoms with Crippen LogP contribution < -0.4 is 0 Å². The fourth-order valence-corrected chi connectivity index (χ4v) is 4.38. The molecule has 0 aliphatic carbocycles. The fraction of sp³-hybridized carbons (Fsp3) is 0.200. The fourth-order valence-electron chi connectivity index (χ4n) is 1.82. The van der Waals surface area contributed by atoms with Gasteiger partial charge in [0.1, 0.15) is 0 Å². The molecule has 0 radical (unpaired) electrons. The van der Waals surface area contributed by atoms with E-state index in [-0.39, 0.29) is 16.7 Å². The van der Waals surface area contributed by atoms with Gasteiger partial charge in [-0.2, -0.15) is 9.40 Å². The van der Waals surface area contributed by atoms with Crippen molar-refractivity contribution >= 4 is 37.9 Å². The molecule has 0 unspecified atom stereocenters. The molecular weight excluding hydrogens is 322 g/mol. The zero-order valence-electron chi connectivity index (χ0n) is 10.3. The topological polar surface area (TPSA) is 83.4 Å². The molecule has 0 aliphatic heterocycles. The summed E-state index contributed by atoms with van der Waals surface area (Å²) in [5.74, 6) is 0. The second-order valence-corrected chi connectivity index (χ2v) is 7.32. The number of H-pyrrole nitrogens is 1. The van der Waals surface area contributed by atoms with Crippen molar-refractivity contribution in [1.29, 1.82) is 0 Å². The number of halogens is 1. The second-order valence-electron chi connectivity index (χ2n) is 4.13. The van der Waals surface area contributed by atoms with Crippen molar-refractivity contribution in [2.75, 3.05) is 7.05 Å². The Kier molecular flexibility index (Phi) is 3.28. The van der Waals surface area contributed by atoms with Crippen LogP contribution in [-0.4, -0.2) is 39.4 Å². The molecule has 0 aromatic carbocycles. The van der Waals surface area contributed by atoms with Crippen molar-refractivity contribution in [3.63, 3.8) is 0 Å². The van der Waals surface area contributed by atoms with Crippen molar-refractivity contribution in [2.45, 2.75) is 11.6 Å². The molecule has 0 atom stereocenters. The van der Waals surface area contributed by atoms with Crippen LogP contribution in [0.1, 0.15) is 5.56 Å². The maximum atomic E-state index is 12.6. The molecule has 10 heteroatoms. The first-order chi connectivity index (χ1) is 9.50. The summed E-state index contributed by atoms with van der Waals surface area (Å²) in [6.45, 7) is 0.201. The zero-order valence-corrected chi connectivity index (χ0v) is 12.7. The van der Waals surface area contributed by atoms with Gasteiger partial charge in [0.25, 0.3) is 10.0 Å². The molecule has 3 rings (SSSR count). The lowest BCUT2D eigenvalue weighted by Gasteiger charge is -2.15. The van der Waals surface area contributed by atoms with E-state index < -0.39 is 10.0 Å². The van der Waals surface area contributed by atoms with E-state index in [0.29, 0.717) is 4.96 Å². The number of imidazole rings is 1. The average molecular weight is 332 g/mol. The predicted octanol–water partition coefficient (Wildman–Crippen LogP) is 1.59. The van der Waals surface area contributed by atoms with Gasteiger partial charge >= 0.3 is 0 Å². The van der Waals surface area contributed by atoms with Gasteiger partial charge in [-0.3, -0.25) is 9.50 Å². The molecule has 3 aromatic heterocycles. The quantitative estimate of drug-likeness (QED) is 0.787. The normalized spacial score (nSPS) is 12.6. The highest BCUT2D eigenvalue weighted by Gasteiger charge is 2.29. The van der Waals surface area contributed by atoms with E-state index in [9.17, 15) is 8.42 Å². The first-order valence-corrected chi connectivity index (χ1v) is 8.25. The standard InChI is InChI=1S/C10H10ClN5O2S2/c1-15(6-7-4-12-13-5-7)20(17,18)9-8(11)14-10-16(9)2-3-19-10/h2-5H,6H2,1H3,(H,12,13). The average Bonchev–Trinajstić information content (AvgIpc) is 3.05. The summed E-state index contributed by atoms with van der Waals surface area (Å²) in [4.78, 5) is 4.59. The van der Waals surface area contributed by atoms with Gasteiger partial charge in [0.15, 0.2) is 15.1 Å². The summed E-state index contributed by atoms with van der Waals surface area (Å²) in [6, 6.07) is 0. The van der Waals surface area contributed by atoms with E-state index in [1.807, 2.05) is 0 Å².